The van der Waals surface area contributed by atoms with E-state index in [1.165, 1.54) is 6.08 Å². The molecule has 0 saturated carbocycles. The molecule has 0 radical (unpaired) electrons. The highest BCUT2D eigenvalue weighted by Crippen LogP contribution is 2.09. The molecule has 0 atom stereocenters. The Balaban J connectivity index is 2.73. The van der Waals surface area contributed by atoms with Gasteiger partial charge in [0.15, 0.2) is 0 Å². The number of carbonyl (C=O) groups is 2. The Labute approximate surface area is 81.4 Å². The Morgan fingerprint density at radius 3 is 2.43 bits per heavy atom. The van der Waals surface area contributed by atoms with Crippen molar-refractivity contribution in [3.8, 4) is 0 Å². The second kappa shape index (κ2) is 4.81. The summed E-state index contributed by atoms with van der Waals surface area (Å²) >= 11 is 0. The van der Waals surface area contributed by atoms with E-state index in [1.807, 2.05) is 0 Å². The number of nitrogens with two attached hydrogens (primary N) is 1. The number of rotatable bonds is 4. The normalized spacial score (nSPS) is 10.0. The van der Waals surface area contributed by atoms with Crippen LogP contribution in [-0.4, -0.2) is 12.3 Å². The zero-order chi connectivity index (χ0) is 10.4. The largest absolute Gasteiger partial charge is 0.366 e. The molecule has 0 fully saturated rings. The number of primary amides is 1. The van der Waals surface area contributed by atoms with Crippen LogP contribution >= 0.6 is 0 Å². The Hall–Kier alpha value is -2.10. The average molecular weight is 190 g/mol. The summed E-state index contributed by atoms with van der Waals surface area (Å²) in [7, 11) is 0. The fraction of sp³-hybridized carbons (Fsp3) is 0. The van der Waals surface area contributed by atoms with E-state index in [1.54, 1.807) is 30.3 Å². The maximum Gasteiger partial charge on any atom is 0.241 e. The van der Waals surface area contributed by atoms with Crippen LogP contribution in [0.1, 0.15) is 5.56 Å². The number of benzene rings is 1. The zero-order valence-corrected chi connectivity index (χ0v) is 7.44. The van der Waals surface area contributed by atoms with E-state index in [4.69, 9.17) is 5.73 Å². The van der Waals surface area contributed by atoms with Gasteiger partial charge in [0.25, 0.3) is 0 Å². The van der Waals surface area contributed by atoms with Crippen molar-refractivity contribution in [3.63, 3.8) is 0 Å². The molecule has 2 amide bonds. The van der Waals surface area contributed by atoms with Gasteiger partial charge in [-0.3, -0.25) is 9.59 Å². The fourth-order valence-corrected chi connectivity index (χ4v) is 0.937. The van der Waals surface area contributed by atoms with E-state index in [9.17, 15) is 9.59 Å². The summed E-state index contributed by atoms with van der Waals surface area (Å²) in [5.41, 5.74) is 6.49. The van der Waals surface area contributed by atoms with E-state index in [0.29, 0.717) is 12.1 Å². The zero-order valence-electron chi connectivity index (χ0n) is 7.44. The first kappa shape index (κ1) is 9.98. The molecule has 0 aromatic heterocycles. The predicted molar refractivity (Wildman–Crippen MR) is 54.4 cm³/mol. The molecular weight excluding hydrogens is 180 g/mol. The van der Waals surface area contributed by atoms with E-state index in [0.717, 1.165) is 5.56 Å². The van der Waals surface area contributed by atoms with Crippen molar-refractivity contribution in [2.75, 3.05) is 5.32 Å². The minimum atomic E-state index is -0.486. The van der Waals surface area contributed by atoms with Gasteiger partial charge in [0.1, 0.15) is 0 Å². The third kappa shape index (κ3) is 3.10. The van der Waals surface area contributed by atoms with Crippen LogP contribution in [0.3, 0.4) is 0 Å². The van der Waals surface area contributed by atoms with Gasteiger partial charge in [-0.1, -0.05) is 12.1 Å². The Kier molecular flexibility index (Phi) is 3.43. The molecule has 14 heavy (non-hydrogen) atoms. The molecule has 3 N–H and O–H groups in total. The van der Waals surface area contributed by atoms with E-state index in [2.05, 4.69) is 5.32 Å². The number of anilines is 1. The second-order valence-corrected chi connectivity index (χ2v) is 2.62. The summed E-state index contributed by atoms with van der Waals surface area (Å²) in [6.07, 6.45) is 3.49. The lowest BCUT2D eigenvalue weighted by Gasteiger charge is -1.97. The second-order valence-electron chi connectivity index (χ2n) is 2.62. The first-order chi connectivity index (χ1) is 6.72. The topological polar surface area (TPSA) is 72.2 Å². The predicted octanol–water partition coefficient (Wildman–Crippen LogP) is 0.753. The van der Waals surface area contributed by atoms with Gasteiger partial charge < -0.3 is 11.1 Å². The molecule has 72 valence electrons. The molecule has 0 saturated heterocycles. The summed E-state index contributed by atoms with van der Waals surface area (Å²) < 4.78 is 0. The number of nitrogens with one attached hydrogen (secondary N) is 1. The van der Waals surface area contributed by atoms with Gasteiger partial charge in [-0.2, -0.15) is 0 Å². The van der Waals surface area contributed by atoms with Gasteiger partial charge in [-0.25, -0.2) is 0 Å². The summed E-state index contributed by atoms with van der Waals surface area (Å²) in [6, 6.07) is 7.00. The minimum absolute atomic E-state index is 0.486. The van der Waals surface area contributed by atoms with Gasteiger partial charge in [-0.15, -0.1) is 0 Å². The molecule has 1 aromatic carbocycles. The molecule has 4 heteroatoms. The van der Waals surface area contributed by atoms with E-state index >= 15 is 0 Å². The molecule has 0 bridgehead atoms. The summed E-state index contributed by atoms with van der Waals surface area (Å²) in [4.78, 5) is 20.5. The van der Waals surface area contributed by atoms with Crippen molar-refractivity contribution in [3.05, 3.63) is 35.9 Å². The summed E-state index contributed by atoms with van der Waals surface area (Å²) in [5, 5.41) is 2.50. The van der Waals surface area contributed by atoms with Crippen LogP contribution in [0.5, 0.6) is 0 Å². The number of hydrogen-bond donors (Lipinski definition) is 2. The summed E-state index contributed by atoms with van der Waals surface area (Å²) in [6.45, 7) is 0. The number of amides is 2. The lowest BCUT2D eigenvalue weighted by molar-refractivity contribution is -0.113. The molecule has 0 heterocycles. The molecule has 0 aliphatic carbocycles. The maximum absolute atomic E-state index is 10.4. The highest BCUT2D eigenvalue weighted by atomic mass is 16.1. The molecule has 0 aliphatic rings. The van der Waals surface area contributed by atoms with Crippen molar-refractivity contribution < 1.29 is 9.59 Å². The highest BCUT2D eigenvalue weighted by molar-refractivity contribution is 5.90. The van der Waals surface area contributed by atoms with Gasteiger partial charge in [0.2, 0.25) is 12.3 Å². The third-order valence-electron chi connectivity index (χ3n) is 1.58. The Morgan fingerprint density at radius 1 is 1.29 bits per heavy atom. The molecule has 0 aliphatic heterocycles. The molecule has 1 aromatic rings. The van der Waals surface area contributed by atoms with Gasteiger partial charge in [0.05, 0.1) is 0 Å². The monoisotopic (exact) mass is 190 g/mol. The van der Waals surface area contributed by atoms with Crippen LogP contribution in [0.4, 0.5) is 5.69 Å². The minimum Gasteiger partial charge on any atom is -0.366 e. The van der Waals surface area contributed by atoms with Crippen molar-refractivity contribution in [1.82, 2.24) is 0 Å². The first-order valence-electron chi connectivity index (χ1n) is 4.00. The van der Waals surface area contributed by atoms with Crippen LogP contribution in [0.2, 0.25) is 0 Å². The van der Waals surface area contributed by atoms with Crippen molar-refractivity contribution >= 4 is 24.1 Å². The molecule has 1 rings (SSSR count). The van der Waals surface area contributed by atoms with Gasteiger partial charge in [0, 0.05) is 11.8 Å². The fourth-order valence-electron chi connectivity index (χ4n) is 0.937. The standard InChI is InChI=1S/C10H10N2O2/c11-10(14)6-3-8-1-4-9(5-2-8)12-7-13/h1-7H,(H2,11,14)(H,12,13)/b6-3+. The maximum atomic E-state index is 10.4. The van der Waals surface area contributed by atoms with Gasteiger partial charge >= 0.3 is 0 Å². The number of carbonyl (C=O) groups excluding carboxylic acids is 2. The number of hydrogen-bond acceptors (Lipinski definition) is 2. The first-order valence-corrected chi connectivity index (χ1v) is 4.00. The van der Waals surface area contributed by atoms with Crippen molar-refractivity contribution in [2.45, 2.75) is 0 Å². The van der Waals surface area contributed by atoms with Crippen LogP contribution in [0.15, 0.2) is 30.3 Å². The van der Waals surface area contributed by atoms with Crippen molar-refractivity contribution in [2.24, 2.45) is 5.73 Å². The Morgan fingerprint density at radius 2 is 1.93 bits per heavy atom. The lowest BCUT2D eigenvalue weighted by Crippen LogP contribution is -2.05. The highest BCUT2D eigenvalue weighted by Gasteiger charge is 1.90. The smallest absolute Gasteiger partial charge is 0.241 e. The van der Waals surface area contributed by atoms with E-state index < -0.39 is 5.91 Å². The van der Waals surface area contributed by atoms with Crippen LogP contribution in [-0.2, 0) is 9.59 Å². The van der Waals surface area contributed by atoms with Crippen LogP contribution in [0.25, 0.3) is 6.08 Å². The Bertz CT molecular complexity index is 355. The molecule has 0 spiro atoms. The summed E-state index contributed by atoms with van der Waals surface area (Å²) in [5.74, 6) is -0.486. The van der Waals surface area contributed by atoms with Gasteiger partial charge in [-0.05, 0) is 23.8 Å². The van der Waals surface area contributed by atoms with E-state index in [-0.39, 0.29) is 0 Å². The molecule has 4 nitrogen and oxygen atoms in total. The molecular formula is C10H10N2O2. The van der Waals surface area contributed by atoms with Crippen LogP contribution in [0, 0.1) is 0 Å². The third-order valence-corrected chi connectivity index (χ3v) is 1.58. The lowest BCUT2D eigenvalue weighted by atomic mass is 10.2. The SMILES string of the molecule is NC(=O)/C=C/c1ccc(NC=O)cc1. The molecule has 0 unspecified atom stereocenters. The quantitative estimate of drug-likeness (QED) is 0.543. The van der Waals surface area contributed by atoms with Crippen molar-refractivity contribution in [1.29, 1.82) is 0 Å². The van der Waals surface area contributed by atoms with Crippen LogP contribution < -0.4 is 11.1 Å². The average Bonchev–Trinajstić information content (AvgIpc) is 2.17.